The third-order valence-electron chi connectivity index (χ3n) is 1.56. The number of nitrogens with one attached hydrogen (secondary N) is 1. The van der Waals surface area contributed by atoms with Crippen molar-refractivity contribution >= 4 is 27.5 Å². The molecular formula is C8H10N4S. The fourth-order valence-electron chi connectivity index (χ4n) is 1.07. The fraction of sp³-hybridized carbons (Fsp3) is 0.375. The van der Waals surface area contributed by atoms with Gasteiger partial charge in [0.25, 0.3) is 0 Å². The van der Waals surface area contributed by atoms with Crippen molar-refractivity contribution < 1.29 is 0 Å². The summed E-state index contributed by atoms with van der Waals surface area (Å²) in [5, 5.41) is 3.23. The lowest BCUT2D eigenvalue weighted by atomic mass is 10.4. The zero-order chi connectivity index (χ0) is 9.26. The molecule has 2 aromatic heterocycles. The van der Waals surface area contributed by atoms with E-state index in [-0.39, 0.29) is 0 Å². The highest BCUT2D eigenvalue weighted by Crippen LogP contribution is 2.20. The molecule has 0 atom stereocenters. The zero-order valence-electron chi connectivity index (χ0n) is 7.48. The van der Waals surface area contributed by atoms with Gasteiger partial charge in [0.05, 0.1) is 5.51 Å². The third kappa shape index (κ3) is 1.60. The number of thiazole rings is 1. The summed E-state index contributed by atoms with van der Waals surface area (Å²) in [5.41, 5.74) is 2.64. The predicted molar refractivity (Wildman–Crippen MR) is 54.0 cm³/mol. The average molecular weight is 194 g/mol. The smallest absolute Gasteiger partial charge is 0.157 e. The number of hydrogen-bond donors (Lipinski definition) is 1. The largest absolute Gasteiger partial charge is 0.366 e. The second kappa shape index (κ2) is 3.26. The summed E-state index contributed by atoms with van der Waals surface area (Å²) < 4.78 is 0. The van der Waals surface area contributed by atoms with Crippen molar-refractivity contribution in [1.82, 2.24) is 15.0 Å². The molecule has 0 unspecified atom stereocenters. The van der Waals surface area contributed by atoms with Gasteiger partial charge in [-0.05, 0) is 13.8 Å². The monoisotopic (exact) mass is 194 g/mol. The summed E-state index contributed by atoms with van der Waals surface area (Å²) in [4.78, 5) is 13.4. The van der Waals surface area contributed by atoms with Gasteiger partial charge in [0.2, 0.25) is 0 Å². The fourth-order valence-corrected chi connectivity index (χ4v) is 1.70. The van der Waals surface area contributed by atoms with Gasteiger partial charge in [-0.25, -0.2) is 15.0 Å². The lowest BCUT2D eigenvalue weighted by molar-refractivity contribution is 0.889. The van der Waals surface area contributed by atoms with Crippen LogP contribution in [0.25, 0.3) is 10.3 Å². The lowest BCUT2D eigenvalue weighted by Gasteiger charge is -2.07. The highest BCUT2D eigenvalue weighted by molar-refractivity contribution is 7.16. The average Bonchev–Trinajstić information content (AvgIpc) is 2.51. The molecule has 0 bridgehead atoms. The maximum atomic E-state index is 4.20. The van der Waals surface area contributed by atoms with E-state index in [4.69, 9.17) is 0 Å². The first-order valence-corrected chi connectivity index (χ1v) is 4.96. The molecule has 0 amide bonds. The zero-order valence-corrected chi connectivity index (χ0v) is 8.30. The Hall–Kier alpha value is -1.23. The van der Waals surface area contributed by atoms with Gasteiger partial charge in [0.1, 0.15) is 16.7 Å². The molecule has 0 aliphatic carbocycles. The minimum atomic E-state index is 0.361. The molecule has 0 radical (unpaired) electrons. The first-order chi connectivity index (χ1) is 6.27. The molecule has 0 saturated carbocycles. The Morgan fingerprint density at radius 3 is 2.92 bits per heavy atom. The maximum Gasteiger partial charge on any atom is 0.157 e. The van der Waals surface area contributed by atoms with Crippen molar-refractivity contribution in [3.05, 3.63) is 11.8 Å². The second-order valence-corrected chi connectivity index (χ2v) is 3.86. The molecule has 5 heteroatoms. The van der Waals surface area contributed by atoms with E-state index in [2.05, 4.69) is 34.1 Å². The topological polar surface area (TPSA) is 50.7 Å². The Labute approximate surface area is 80.1 Å². The highest BCUT2D eigenvalue weighted by Gasteiger charge is 2.06. The van der Waals surface area contributed by atoms with Gasteiger partial charge in [0.15, 0.2) is 5.82 Å². The van der Waals surface area contributed by atoms with E-state index < -0.39 is 0 Å². The highest BCUT2D eigenvalue weighted by atomic mass is 32.1. The third-order valence-corrected chi connectivity index (χ3v) is 2.29. The van der Waals surface area contributed by atoms with Gasteiger partial charge in [-0.2, -0.15) is 0 Å². The molecule has 4 nitrogen and oxygen atoms in total. The van der Waals surface area contributed by atoms with E-state index in [1.807, 2.05) is 0 Å². The van der Waals surface area contributed by atoms with Gasteiger partial charge >= 0.3 is 0 Å². The van der Waals surface area contributed by atoms with Gasteiger partial charge in [0, 0.05) is 6.04 Å². The van der Waals surface area contributed by atoms with E-state index in [1.165, 1.54) is 11.3 Å². The van der Waals surface area contributed by atoms with E-state index in [0.29, 0.717) is 6.04 Å². The molecule has 2 rings (SSSR count). The summed E-state index contributed by atoms with van der Waals surface area (Å²) in [6, 6.07) is 0.361. The standard InChI is InChI=1S/C8H10N4S/c1-5(2)12-7-6-8(10-3-9-7)13-4-11-6/h3-5H,1-2H3,(H,9,10,12). The number of anilines is 1. The number of nitrogens with zero attached hydrogens (tertiary/aromatic N) is 3. The van der Waals surface area contributed by atoms with Crippen LogP contribution in [0.4, 0.5) is 5.82 Å². The summed E-state index contributed by atoms with van der Waals surface area (Å²) in [6.45, 7) is 4.14. The van der Waals surface area contributed by atoms with Crippen LogP contribution in [0.3, 0.4) is 0 Å². The van der Waals surface area contributed by atoms with Crippen molar-refractivity contribution in [2.45, 2.75) is 19.9 Å². The molecule has 2 heterocycles. The normalized spacial score (nSPS) is 11.0. The quantitative estimate of drug-likeness (QED) is 0.793. The van der Waals surface area contributed by atoms with Gasteiger partial charge in [-0.1, -0.05) is 0 Å². The molecule has 0 spiro atoms. The Bertz CT molecular complexity index is 409. The molecule has 0 aromatic carbocycles. The van der Waals surface area contributed by atoms with Crippen LogP contribution in [0.2, 0.25) is 0 Å². The van der Waals surface area contributed by atoms with E-state index >= 15 is 0 Å². The molecule has 0 fully saturated rings. The minimum absolute atomic E-state index is 0.361. The molecular weight excluding hydrogens is 184 g/mol. The Morgan fingerprint density at radius 1 is 1.31 bits per heavy atom. The van der Waals surface area contributed by atoms with Gasteiger partial charge < -0.3 is 5.32 Å². The van der Waals surface area contributed by atoms with Crippen LogP contribution in [0, 0.1) is 0 Å². The molecule has 0 aliphatic heterocycles. The molecule has 2 aromatic rings. The Kier molecular flexibility index (Phi) is 2.10. The van der Waals surface area contributed by atoms with Crippen LogP contribution in [-0.4, -0.2) is 21.0 Å². The summed E-state index contributed by atoms with van der Waals surface area (Å²) >= 11 is 1.53. The summed E-state index contributed by atoms with van der Waals surface area (Å²) in [7, 11) is 0. The van der Waals surface area contributed by atoms with Crippen LogP contribution < -0.4 is 5.32 Å². The first-order valence-electron chi connectivity index (χ1n) is 4.08. The van der Waals surface area contributed by atoms with Crippen molar-refractivity contribution in [2.75, 3.05) is 5.32 Å². The Balaban J connectivity index is 2.48. The van der Waals surface area contributed by atoms with E-state index in [0.717, 1.165) is 16.2 Å². The van der Waals surface area contributed by atoms with Crippen molar-refractivity contribution in [2.24, 2.45) is 0 Å². The summed E-state index contributed by atoms with van der Waals surface area (Å²) in [5.74, 6) is 0.821. The number of rotatable bonds is 2. The van der Waals surface area contributed by atoms with Crippen molar-refractivity contribution in [3.8, 4) is 0 Å². The van der Waals surface area contributed by atoms with Crippen LogP contribution in [0.1, 0.15) is 13.8 Å². The van der Waals surface area contributed by atoms with E-state index in [1.54, 1.807) is 11.8 Å². The number of aromatic nitrogens is 3. The Morgan fingerprint density at radius 2 is 2.15 bits per heavy atom. The molecule has 0 aliphatic rings. The summed E-state index contributed by atoms with van der Waals surface area (Å²) in [6.07, 6.45) is 1.56. The van der Waals surface area contributed by atoms with Crippen molar-refractivity contribution in [1.29, 1.82) is 0 Å². The van der Waals surface area contributed by atoms with E-state index in [9.17, 15) is 0 Å². The molecule has 0 saturated heterocycles. The van der Waals surface area contributed by atoms with Crippen LogP contribution in [0.15, 0.2) is 11.8 Å². The van der Waals surface area contributed by atoms with Gasteiger partial charge in [-0.3, -0.25) is 0 Å². The SMILES string of the molecule is CC(C)Nc1ncnc2scnc12. The molecule has 13 heavy (non-hydrogen) atoms. The first kappa shape index (κ1) is 8.37. The minimum Gasteiger partial charge on any atom is -0.366 e. The lowest BCUT2D eigenvalue weighted by Crippen LogP contribution is -2.11. The second-order valence-electron chi connectivity index (χ2n) is 3.03. The molecule has 1 N–H and O–H groups in total. The molecule has 68 valence electrons. The van der Waals surface area contributed by atoms with Gasteiger partial charge in [-0.15, -0.1) is 11.3 Å². The van der Waals surface area contributed by atoms with Crippen LogP contribution in [0.5, 0.6) is 0 Å². The van der Waals surface area contributed by atoms with Crippen molar-refractivity contribution in [3.63, 3.8) is 0 Å². The number of hydrogen-bond acceptors (Lipinski definition) is 5. The number of fused-ring (bicyclic) bond motifs is 1. The maximum absolute atomic E-state index is 4.20. The van der Waals surface area contributed by atoms with Crippen LogP contribution >= 0.6 is 11.3 Å². The predicted octanol–water partition coefficient (Wildman–Crippen LogP) is 1.91. The van der Waals surface area contributed by atoms with Crippen LogP contribution in [-0.2, 0) is 0 Å².